The van der Waals surface area contributed by atoms with E-state index in [4.69, 9.17) is 0 Å². The van der Waals surface area contributed by atoms with Crippen molar-refractivity contribution in [3.8, 4) is 0 Å². The van der Waals surface area contributed by atoms with E-state index in [1.165, 1.54) is 19.3 Å². The molecule has 92 valence electrons. The van der Waals surface area contributed by atoms with Gasteiger partial charge in [0.25, 0.3) is 0 Å². The van der Waals surface area contributed by atoms with Gasteiger partial charge in [-0.05, 0) is 43.4 Å². The Bertz CT molecular complexity index is 250. The van der Waals surface area contributed by atoms with Crippen LogP contribution in [-0.4, -0.2) is 30.6 Å². The number of nitrogens with one attached hydrogen (secondary N) is 1. The van der Waals surface area contributed by atoms with Gasteiger partial charge in [-0.1, -0.05) is 13.8 Å². The summed E-state index contributed by atoms with van der Waals surface area (Å²) in [5, 5.41) is 3.08. The molecular formula is C13H24N2O. The zero-order valence-electron chi connectivity index (χ0n) is 10.5. The van der Waals surface area contributed by atoms with Crippen LogP contribution in [0.2, 0.25) is 0 Å². The lowest BCUT2D eigenvalue weighted by molar-refractivity contribution is 0.168. The van der Waals surface area contributed by atoms with Gasteiger partial charge in [0.1, 0.15) is 0 Å². The minimum absolute atomic E-state index is 0.152. The molecule has 2 amide bonds. The van der Waals surface area contributed by atoms with Gasteiger partial charge < -0.3 is 10.2 Å². The first kappa shape index (κ1) is 11.7. The molecule has 1 saturated heterocycles. The number of urea groups is 1. The van der Waals surface area contributed by atoms with Gasteiger partial charge in [-0.2, -0.15) is 0 Å². The van der Waals surface area contributed by atoms with Gasteiger partial charge in [0.2, 0.25) is 0 Å². The lowest BCUT2D eigenvalue weighted by Crippen LogP contribution is -2.46. The third-order valence-electron chi connectivity index (χ3n) is 3.95. The van der Waals surface area contributed by atoms with Gasteiger partial charge >= 0.3 is 6.03 Å². The number of likely N-dealkylation sites (tertiary alicyclic amines) is 1. The van der Waals surface area contributed by atoms with Crippen molar-refractivity contribution in [3.05, 3.63) is 0 Å². The fourth-order valence-corrected chi connectivity index (χ4v) is 2.57. The lowest BCUT2D eigenvalue weighted by Gasteiger charge is -2.31. The van der Waals surface area contributed by atoms with Crippen LogP contribution in [0.15, 0.2) is 0 Å². The molecule has 16 heavy (non-hydrogen) atoms. The molecule has 0 spiro atoms. The highest BCUT2D eigenvalue weighted by Crippen LogP contribution is 2.36. The molecule has 2 rings (SSSR count). The van der Waals surface area contributed by atoms with E-state index in [-0.39, 0.29) is 6.03 Å². The van der Waals surface area contributed by atoms with Crippen molar-refractivity contribution in [1.82, 2.24) is 10.2 Å². The molecule has 2 aliphatic rings. The zero-order chi connectivity index (χ0) is 11.5. The maximum atomic E-state index is 11.9. The van der Waals surface area contributed by atoms with Crippen molar-refractivity contribution in [3.63, 3.8) is 0 Å². The topological polar surface area (TPSA) is 32.3 Å². The van der Waals surface area contributed by atoms with E-state index in [1.807, 2.05) is 4.90 Å². The van der Waals surface area contributed by atoms with E-state index < -0.39 is 0 Å². The molecular weight excluding hydrogens is 200 g/mol. The summed E-state index contributed by atoms with van der Waals surface area (Å²) in [5.41, 5.74) is 0. The van der Waals surface area contributed by atoms with E-state index >= 15 is 0 Å². The van der Waals surface area contributed by atoms with Crippen molar-refractivity contribution >= 4 is 6.03 Å². The second-order valence-corrected chi connectivity index (χ2v) is 5.69. The van der Waals surface area contributed by atoms with Crippen LogP contribution >= 0.6 is 0 Å². The van der Waals surface area contributed by atoms with Gasteiger partial charge in [-0.15, -0.1) is 0 Å². The molecule has 0 bridgehead atoms. The monoisotopic (exact) mass is 224 g/mol. The van der Waals surface area contributed by atoms with Crippen molar-refractivity contribution in [2.75, 3.05) is 19.6 Å². The molecule has 1 saturated carbocycles. The SMILES string of the molecule is CC1CCCN(C(=O)NCC(C)C2CC2)C1. The number of piperidine rings is 1. The van der Waals surface area contributed by atoms with Crippen molar-refractivity contribution in [2.45, 2.75) is 39.5 Å². The summed E-state index contributed by atoms with van der Waals surface area (Å²) >= 11 is 0. The first-order valence-electron chi connectivity index (χ1n) is 6.69. The van der Waals surface area contributed by atoms with Crippen LogP contribution in [0.1, 0.15) is 39.5 Å². The molecule has 1 aliphatic carbocycles. The summed E-state index contributed by atoms with van der Waals surface area (Å²) in [4.78, 5) is 13.9. The van der Waals surface area contributed by atoms with E-state index in [9.17, 15) is 4.79 Å². The fourth-order valence-electron chi connectivity index (χ4n) is 2.57. The largest absolute Gasteiger partial charge is 0.338 e. The van der Waals surface area contributed by atoms with Gasteiger partial charge in [-0.3, -0.25) is 0 Å². The Morgan fingerprint density at radius 1 is 1.44 bits per heavy atom. The van der Waals surface area contributed by atoms with E-state index in [1.54, 1.807) is 0 Å². The normalized spacial score (nSPS) is 27.6. The second kappa shape index (κ2) is 5.07. The van der Waals surface area contributed by atoms with Crippen molar-refractivity contribution in [1.29, 1.82) is 0 Å². The summed E-state index contributed by atoms with van der Waals surface area (Å²) < 4.78 is 0. The Morgan fingerprint density at radius 3 is 2.81 bits per heavy atom. The van der Waals surface area contributed by atoms with E-state index in [0.717, 1.165) is 32.0 Å². The molecule has 0 radical (unpaired) electrons. The first-order valence-corrected chi connectivity index (χ1v) is 6.69. The molecule has 0 aromatic carbocycles. The van der Waals surface area contributed by atoms with Gasteiger partial charge in [0, 0.05) is 19.6 Å². The third kappa shape index (κ3) is 3.13. The minimum atomic E-state index is 0.152. The van der Waals surface area contributed by atoms with Crippen LogP contribution in [0, 0.1) is 17.8 Å². The summed E-state index contributed by atoms with van der Waals surface area (Å²) in [6, 6.07) is 0.152. The maximum absolute atomic E-state index is 11.9. The van der Waals surface area contributed by atoms with Crippen molar-refractivity contribution in [2.24, 2.45) is 17.8 Å². The van der Waals surface area contributed by atoms with Crippen LogP contribution in [0.4, 0.5) is 4.79 Å². The highest BCUT2D eigenvalue weighted by molar-refractivity contribution is 5.74. The molecule has 1 heterocycles. The van der Waals surface area contributed by atoms with Gasteiger partial charge in [-0.25, -0.2) is 4.79 Å². The Kier molecular flexibility index (Phi) is 3.72. The lowest BCUT2D eigenvalue weighted by atomic mass is 10.0. The number of rotatable bonds is 3. The van der Waals surface area contributed by atoms with Crippen LogP contribution in [0.3, 0.4) is 0 Å². The number of carbonyl (C=O) groups excluding carboxylic acids is 1. The Morgan fingerprint density at radius 2 is 2.19 bits per heavy atom. The molecule has 3 nitrogen and oxygen atoms in total. The van der Waals surface area contributed by atoms with Crippen LogP contribution in [-0.2, 0) is 0 Å². The Balaban J connectivity index is 1.69. The first-order chi connectivity index (χ1) is 7.66. The van der Waals surface area contributed by atoms with E-state index in [0.29, 0.717) is 11.8 Å². The molecule has 2 fully saturated rings. The standard InChI is InChI=1S/C13H24N2O/c1-10-4-3-7-15(9-10)13(16)14-8-11(2)12-5-6-12/h10-12H,3-9H2,1-2H3,(H,14,16). The van der Waals surface area contributed by atoms with Gasteiger partial charge in [0.05, 0.1) is 0 Å². The number of nitrogens with zero attached hydrogens (tertiary/aromatic N) is 1. The fraction of sp³-hybridized carbons (Fsp3) is 0.923. The van der Waals surface area contributed by atoms with Crippen LogP contribution < -0.4 is 5.32 Å². The molecule has 2 atom stereocenters. The number of amides is 2. The molecule has 1 aliphatic heterocycles. The summed E-state index contributed by atoms with van der Waals surface area (Å²) in [6.45, 7) is 7.20. The van der Waals surface area contributed by atoms with Crippen LogP contribution in [0.25, 0.3) is 0 Å². The second-order valence-electron chi connectivity index (χ2n) is 5.69. The predicted octanol–water partition coefficient (Wildman–Crippen LogP) is 2.47. The highest BCUT2D eigenvalue weighted by Gasteiger charge is 2.28. The van der Waals surface area contributed by atoms with Crippen LogP contribution in [0.5, 0.6) is 0 Å². The Hall–Kier alpha value is -0.730. The average molecular weight is 224 g/mol. The minimum Gasteiger partial charge on any atom is -0.338 e. The third-order valence-corrected chi connectivity index (χ3v) is 3.95. The van der Waals surface area contributed by atoms with Crippen molar-refractivity contribution < 1.29 is 4.79 Å². The molecule has 3 heteroatoms. The summed E-state index contributed by atoms with van der Waals surface area (Å²) in [7, 11) is 0. The number of carbonyl (C=O) groups is 1. The average Bonchev–Trinajstić information content (AvgIpc) is 3.09. The zero-order valence-corrected chi connectivity index (χ0v) is 10.5. The van der Waals surface area contributed by atoms with E-state index in [2.05, 4.69) is 19.2 Å². The molecule has 2 unspecified atom stereocenters. The maximum Gasteiger partial charge on any atom is 0.317 e. The predicted molar refractivity (Wildman–Crippen MR) is 65.3 cm³/mol. The smallest absolute Gasteiger partial charge is 0.317 e. The quantitative estimate of drug-likeness (QED) is 0.784. The van der Waals surface area contributed by atoms with Gasteiger partial charge in [0.15, 0.2) is 0 Å². The summed E-state index contributed by atoms with van der Waals surface area (Å²) in [6.07, 6.45) is 5.14. The number of hydrogen-bond donors (Lipinski definition) is 1. The summed E-state index contributed by atoms with van der Waals surface area (Å²) in [5.74, 6) is 2.20. The number of hydrogen-bond acceptors (Lipinski definition) is 1. The molecule has 1 N–H and O–H groups in total. The molecule has 0 aromatic rings. The highest BCUT2D eigenvalue weighted by atomic mass is 16.2. The Labute approximate surface area is 98.6 Å². The molecule has 0 aromatic heterocycles.